The molecular formula is C5H13N2O3P. The summed E-state index contributed by atoms with van der Waals surface area (Å²) in [6.07, 6.45) is -0.662. The van der Waals surface area contributed by atoms with Crippen molar-refractivity contribution in [1.29, 1.82) is 0 Å². The van der Waals surface area contributed by atoms with Crippen LogP contribution in [-0.4, -0.2) is 37.5 Å². The minimum absolute atomic E-state index is 0.111. The highest BCUT2D eigenvalue weighted by atomic mass is 31.0. The van der Waals surface area contributed by atoms with Crippen molar-refractivity contribution in [2.45, 2.75) is 6.23 Å². The summed E-state index contributed by atoms with van der Waals surface area (Å²) in [4.78, 5) is 10.5. The van der Waals surface area contributed by atoms with Gasteiger partial charge in [-0.05, 0) is 0 Å². The molecule has 0 spiro atoms. The largest absolute Gasteiger partial charge is 0.468 e. The highest BCUT2D eigenvalue weighted by molar-refractivity contribution is 7.13. The number of nitrogens with one attached hydrogen (secondary N) is 2. The third-order valence-electron chi connectivity index (χ3n) is 1.03. The molecule has 0 aliphatic heterocycles. The van der Waals surface area contributed by atoms with Crippen LogP contribution in [0.2, 0.25) is 0 Å². The van der Waals surface area contributed by atoms with Gasteiger partial charge in [-0.3, -0.25) is 9.88 Å². The van der Waals surface area contributed by atoms with Crippen molar-refractivity contribution < 1.29 is 14.6 Å². The number of rotatable bonds is 5. The van der Waals surface area contributed by atoms with E-state index in [-0.39, 0.29) is 12.5 Å². The molecule has 66 valence electrons. The molecule has 0 aliphatic carbocycles. The topological polar surface area (TPSA) is 70.6 Å². The quantitative estimate of drug-likeness (QED) is 0.271. The number of aliphatic hydroxyl groups excluding tert-OH is 1. The average Bonchev–Trinajstić information content (AvgIpc) is 2.04. The Morgan fingerprint density at radius 1 is 1.82 bits per heavy atom. The normalized spacial score (nSPS) is 12.6. The third kappa shape index (κ3) is 6.19. The Kier molecular flexibility index (Phi) is 6.36. The van der Waals surface area contributed by atoms with Crippen LogP contribution in [0.1, 0.15) is 0 Å². The van der Waals surface area contributed by atoms with Crippen molar-refractivity contribution >= 4 is 15.4 Å². The van der Waals surface area contributed by atoms with Crippen molar-refractivity contribution in [1.82, 2.24) is 10.4 Å². The van der Waals surface area contributed by atoms with E-state index in [0.29, 0.717) is 6.54 Å². The Balaban J connectivity index is 3.20. The zero-order valence-corrected chi connectivity index (χ0v) is 7.49. The average molecular weight is 180 g/mol. The van der Waals surface area contributed by atoms with E-state index >= 15 is 0 Å². The number of hydrogen-bond donors (Lipinski definition) is 3. The Labute approximate surface area is 67.8 Å². The fourth-order valence-electron chi connectivity index (χ4n) is 0.442. The van der Waals surface area contributed by atoms with Gasteiger partial charge in [0, 0.05) is 6.54 Å². The van der Waals surface area contributed by atoms with Crippen LogP contribution >= 0.6 is 9.39 Å². The van der Waals surface area contributed by atoms with Crippen LogP contribution in [0.3, 0.4) is 0 Å². The molecule has 6 heteroatoms. The van der Waals surface area contributed by atoms with E-state index in [9.17, 15) is 4.79 Å². The molecule has 0 amide bonds. The second-order valence-corrected chi connectivity index (χ2v) is 2.22. The van der Waals surface area contributed by atoms with Crippen LogP contribution in [0.25, 0.3) is 0 Å². The number of methoxy groups -OCH3 is 1. The number of ether oxygens (including phenoxy) is 1. The van der Waals surface area contributed by atoms with Crippen LogP contribution < -0.4 is 10.4 Å². The lowest BCUT2D eigenvalue weighted by Crippen LogP contribution is -2.36. The molecule has 0 aromatic carbocycles. The zero-order chi connectivity index (χ0) is 8.69. The summed E-state index contributed by atoms with van der Waals surface area (Å²) in [6.45, 7) is 0.415. The number of esters is 1. The molecule has 0 aliphatic rings. The maximum Gasteiger partial charge on any atom is 0.319 e. The fourth-order valence-corrected chi connectivity index (χ4v) is 0.560. The van der Waals surface area contributed by atoms with Crippen LogP contribution in [0.4, 0.5) is 0 Å². The summed E-state index contributed by atoms with van der Waals surface area (Å²) in [5.74, 6) is -0.346. The van der Waals surface area contributed by atoms with Gasteiger partial charge in [-0.25, -0.2) is 0 Å². The van der Waals surface area contributed by atoms with Gasteiger partial charge in [0.25, 0.3) is 0 Å². The summed E-state index contributed by atoms with van der Waals surface area (Å²) in [5, 5.41) is 14.1. The van der Waals surface area contributed by atoms with Crippen molar-refractivity contribution in [3.8, 4) is 0 Å². The Morgan fingerprint density at radius 3 is 2.91 bits per heavy atom. The van der Waals surface area contributed by atoms with Gasteiger partial charge in [-0.1, -0.05) is 9.39 Å². The van der Waals surface area contributed by atoms with Gasteiger partial charge in [0.1, 0.15) is 6.23 Å². The maximum absolute atomic E-state index is 10.5. The summed E-state index contributed by atoms with van der Waals surface area (Å²) in [6, 6.07) is 0. The summed E-state index contributed by atoms with van der Waals surface area (Å²) in [7, 11) is 3.48. The fraction of sp³-hybridized carbons (Fsp3) is 0.800. The van der Waals surface area contributed by atoms with Gasteiger partial charge in [-0.2, -0.15) is 0 Å². The van der Waals surface area contributed by atoms with Crippen molar-refractivity contribution in [2.75, 3.05) is 20.2 Å². The van der Waals surface area contributed by atoms with Crippen molar-refractivity contribution in [3.05, 3.63) is 0 Å². The minimum Gasteiger partial charge on any atom is -0.468 e. The van der Waals surface area contributed by atoms with E-state index in [1.54, 1.807) is 0 Å². The summed E-state index contributed by atoms with van der Waals surface area (Å²) >= 11 is 0. The van der Waals surface area contributed by atoms with E-state index < -0.39 is 6.23 Å². The van der Waals surface area contributed by atoms with Gasteiger partial charge in [0.2, 0.25) is 0 Å². The number of carbonyl (C=O) groups is 1. The number of aliphatic hydroxyl groups is 1. The Morgan fingerprint density at radius 2 is 2.45 bits per heavy atom. The molecule has 0 fully saturated rings. The van der Waals surface area contributed by atoms with E-state index in [1.807, 2.05) is 0 Å². The summed E-state index contributed by atoms with van der Waals surface area (Å²) in [5.41, 5.74) is 0. The second kappa shape index (κ2) is 6.49. The molecule has 0 saturated heterocycles. The van der Waals surface area contributed by atoms with Crippen LogP contribution in [0.15, 0.2) is 0 Å². The molecule has 0 bridgehead atoms. The first-order chi connectivity index (χ1) is 5.20. The van der Waals surface area contributed by atoms with E-state index in [4.69, 9.17) is 5.11 Å². The van der Waals surface area contributed by atoms with E-state index in [0.717, 1.165) is 0 Å². The molecule has 0 radical (unpaired) electrons. The second-order valence-electron chi connectivity index (χ2n) is 1.89. The third-order valence-corrected chi connectivity index (χ3v) is 1.41. The molecule has 0 rings (SSSR count). The van der Waals surface area contributed by atoms with E-state index in [1.165, 1.54) is 7.11 Å². The predicted molar refractivity (Wildman–Crippen MR) is 43.7 cm³/mol. The van der Waals surface area contributed by atoms with Crippen LogP contribution in [0.5, 0.6) is 0 Å². The lowest BCUT2D eigenvalue weighted by molar-refractivity contribution is -0.139. The highest BCUT2D eigenvalue weighted by Gasteiger charge is 2.01. The van der Waals surface area contributed by atoms with Gasteiger partial charge in [-0.15, -0.1) is 0 Å². The lowest BCUT2D eigenvalue weighted by Gasteiger charge is -2.08. The lowest BCUT2D eigenvalue weighted by atomic mass is 10.5. The molecular weight excluding hydrogens is 167 g/mol. The molecule has 11 heavy (non-hydrogen) atoms. The maximum atomic E-state index is 10.5. The Hall–Kier alpha value is -0.220. The van der Waals surface area contributed by atoms with Gasteiger partial charge in [0.05, 0.1) is 13.7 Å². The first-order valence-electron chi connectivity index (χ1n) is 3.12. The molecule has 0 heterocycles. The first kappa shape index (κ1) is 10.8. The highest BCUT2D eigenvalue weighted by Crippen LogP contribution is 1.78. The van der Waals surface area contributed by atoms with Crippen molar-refractivity contribution in [3.63, 3.8) is 0 Å². The zero-order valence-electron chi connectivity index (χ0n) is 6.33. The number of carbonyl (C=O) groups excluding carboxylic acids is 1. The molecule has 0 saturated carbocycles. The molecule has 3 N–H and O–H groups in total. The van der Waals surface area contributed by atoms with E-state index in [2.05, 4.69) is 24.5 Å². The van der Waals surface area contributed by atoms with Gasteiger partial charge in [0.15, 0.2) is 0 Å². The molecule has 5 nitrogen and oxygen atoms in total. The smallest absolute Gasteiger partial charge is 0.319 e. The minimum atomic E-state index is -0.662. The van der Waals surface area contributed by atoms with Gasteiger partial charge < -0.3 is 15.2 Å². The summed E-state index contributed by atoms with van der Waals surface area (Å²) < 4.78 is 4.36. The standard InChI is InChI=1S/C5H13N2O3P/c1-10-5(9)3-6-2-4(8)7-11/h4,6-8H,2-3,11H2,1H3. The Bertz CT molecular complexity index is 122. The number of hydrogen-bond acceptors (Lipinski definition) is 5. The monoisotopic (exact) mass is 180 g/mol. The SMILES string of the molecule is COC(=O)CNCC(O)NP. The van der Waals surface area contributed by atoms with Crippen LogP contribution in [0, 0.1) is 0 Å². The van der Waals surface area contributed by atoms with Gasteiger partial charge >= 0.3 is 5.97 Å². The molecule has 0 aromatic heterocycles. The first-order valence-corrected chi connectivity index (χ1v) is 3.70. The van der Waals surface area contributed by atoms with Crippen molar-refractivity contribution in [2.24, 2.45) is 0 Å². The van der Waals surface area contributed by atoms with Crippen LogP contribution in [-0.2, 0) is 9.53 Å². The predicted octanol–water partition coefficient (Wildman–Crippen LogP) is -1.55. The molecule has 2 unspecified atom stereocenters. The molecule has 0 aromatic rings. The molecule has 2 atom stereocenters.